The fraction of sp³-hybridized carbons (Fsp3) is 0.333. The molecular weight excluding hydrogens is 393 g/mol. The average molecular weight is 415 g/mol. The molecule has 0 spiro atoms. The van der Waals surface area contributed by atoms with Gasteiger partial charge in [0, 0.05) is 13.1 Å². The molecule has 2 aromatic carbocycles. The number of nitrogens with zero attached hydrogens (tertiary/aromatic N) is 2. The summed E-state index contributed by atoms with van der Waals surface area (Å²) in [6.45, 7) is 2.45. The Kier molecular flexibility index (Phi) is 6.30. The first kappa shape index (κ1) is 21.0. The second kappa shape index (κ2) is 8.72. The Morgan fingerprint density at radius 3 is 2.66 bits per heavy atom. The van der Waals surface area contributed by atoms with Gasteiger partial charge in [-0.25, -0.2) is 12.8 Å². The number of hydrogen-bond acceptors (Lipinski definition) is 4. The number of amides is 1. The van der Waals surface area contributed by atoms with Crippen LogP contribution < -0.4 is 5.32 Å². The molecule has 152 valence electrons. The van der Waals surface area contributed by atoms with E-state index in [1.54, 1.807) is 12.1 Å². The number of halogens is 1. The van der Waals surface area contributed by atoms with Crippen molar-refractivity contribution < 1.29 is 17.6 Å². The first-order chi connectivity index (χ1) is 13.9. The summed E-state index contributed by atoms with van der Waals surface area (Å²) in [6.07, 6.45) is 1.71. The van der Waals surface area contributed by atoms with Crippen LogP contribution in [0.2, 0.25) is 0 Å². The molecule has 0 aromatic heterocycles. The third-order valence-corrected chi connectivity index (χ3v) is 6.99. The van der Waals surface area contributed by atoms with Crippen molar-refractivity contribution in [2.45, 2.75) is 43.7 Å². The van der Waals surface area contributed by atoms with E-state index >= 15 is 0 Å². The topological polar surface area (TPSA) is 90.3 Å². The van der Waals surface area contributed by atoms with Crippen LogP contribution in [0.15, 0.2) is 47.4 Å². The normalized spacial score (nSPS) is 17.1. The second-order valence-corrected chi connectivity index (χ2v) is 8.79. The molecule has 1 aliphatic heterocycles. The van der Waals surface area contributed by atoms with E-state index in [-0.39, 0.29) is 23.9 Å². The molecular formula is C21H22FN3O3S. The summed E-state index contributed by atoms with van der Waals surface area (Å²) in [6, 6.07) is 11.3. The monoisotopic (exact) mass is 415 g/mol. The lowest BCUT2D eigenvalue weighted by Crippen LogP contribution is -2.45. The molecule has 1 heterocycles. The smallest absolute Gasteiger partial charge is 0.243 e. The van der Waals surface area contributed by atoms with E-state index in [9.17, 15) is 17.6 Å². The predicted octanol–water partition coefficient (Wildman–Crippen LogP) is 2.73. The van der Waals surface area contributed by atoms with Crippen LogP contribution in [0, 0.1) is 17.1 Å². The Morgan fingerprint density at radius 2 is 2.00 bits per heavy atom. The highest BCUT2D eigenvalue weighted by Gasteiger charge is 2.39. The Labute approximate surface area is 170 Å². The number of carbonyl (C=O) groups is 1. The minimum Gasteiger partial charge on any atom is -0.351 e. The largest absolute Gasteiger partial charge is 0.351 e. The van der Waals surface area contributed by atoms with Gasteiger partial charge >= 0.3 is 0 Å². The van der Waals surface area contributed by atoms with Crippen LogP contribution in [0.3, 0.4) is 0 Å². The fourth-order valence-electron chi connectivity index (χ4n) is 3.50. The number of nitriles is 1. The van der Waals surface area contributed by atoms with Gasteiger partial charge in [0.2, 0.25) is 15.9 Å². The highest BCUT2D eigenvalue weighted by Crippen LogP contribution is 2.26. The number of sulfonamides is 1. The lowest BCUT2D eigenvalue weighted by atomic mass is 10.0. The van der Waals surface area contributed by atoms with Gasteiger partial charge in [-0.1, -0.05) is 19.1 Å². The van der Waals surface area contributed by atoms with Crippen molar-refractivity contribution in [3.05, 3.63) is 65.0 Å². The third kappa shape index (κ3) is 4.47. The Bertz CT molecular complexity index is 1050. The first-order valence-electron chi connectivity index (χ1n) is 9.44. The molecule has 1 N–H and O–H groups in total. The van der Waals surface area contributed by atoms with Crippen molar-refractivity contribution in [1.82, 2.24) is 9.62 Å². The van der Waals surface area contributed by atoms with Crippen LogP contribution >= 0.6 is 0 Å². The highest BCUT2D eigenvalue weighted by atomic mass is 32.2. The standard InChI is InChI=1S/C21H22FN3O3S/c1-2-16-12-15(5-6-17(16)13-23)14-24-21(26)20-4-3-11-25(20)29(27,28)19-9-7-18(22)8-10-19/h5-10,12,20H,2-4,11,14H2,1H3,(H,24,26)/t20-/m0/s1. The van der Waals surface area contributed by atoms with Crippen LogP contribution in [0.5, 0.6) is 0 Å². The van der Waals surface area contributed by atoms with Gasteiger partial charge in [0.15, 0.2) is 0 Å². The molecule has 8 heteroatoms. The van der Waals surface area contributed by atoms with Gasteiger partial charge in [-0.2, -0.15) is 9.57 Å². The summed E-state index contributed by atoms with van der Waals surface area (Å²) < 4.78 is 40.1. The van der Waals surface area contributed by atoms with Crippen LogP contribution in [0.1, 0.15) is 36.5 Å². The van der Waals surface area contributed by atoms with E-state index in [2.05, 4.69) is 11.4 Å². The quantitative estimate of drug-likeness (QED) is 0.785. The maximum atomic E-state index is 13.1. The molecule has 1 saturated heterocycles. The van der Waals surface area contributed by atoms with Crippen molar-refractivity contribution in [3.63, 3.8) is 0 Å². The maximum Gasteiger partial charge on any atom is 0.243 e. The lowest BCUT2D eigenvalue weighted by Gasteiger charge is -2.23. The number of carbonyl (C=O) groups excluding carboxylic acids is 1. The van der Waals surface area contributed by atoms with Crippen molar-refractivity contribution in [2.24, 2.45) is 0 Å². The molecule has 29 heavy (non-hydrogen) atoms. The zero-order chi connectivity index (χ0) is 21.0. The number of aryl methyl sites for hydroxylation is 1. The molecule has 2 aromatic rings. The van der Waals surface area contributed by atoms with Crippen molar-refractivity contribution in [2.75, 3.05) is 6.54 Å². The van der Waals surface area contributed by atoms with Crippen LogP contribution in [-0.4, -0.2) is 31.2 Å². The van der Waals surface area contributed by atoms with Crippen LogP contribution in [0.4, 0.5) is 4.39 Å². The molecule has 1 aliphatic rings. The predicted molar refractivity (Wildman–Crippen MR) is 106 cm³/mol. The molecule has 0 unspecified atom stereocenters. The molecule has 6 nitrogen and oxygen atoms in total. The Morgan fingerprint density at radius 1 is 1.28 bits per heavy atom. The van der Waals surface area contributed by atoms with E-state index in [0.29, 0.717) is 24.8 Å². The van der Waals surface area contributed by atoms with E-state index < -0.39 is 21.9 Å². The highest BCUT2D eigenvalue weighted by molar-refractivity contribution is 7.89. The summed E-state index contributed by atoms with van der Waals surface area (Å²) in [4.78, 5) is 12.7. The summed E-state index contributed by atoms with van der Waals surface area (Å²) in [5.41, 5.74) is 2.36. The summed E-state index contributed by atoms with van der Waals surface area (Å²) in [5.74, 6) is -0.885. The minimum atomic E-state index is -3.88. The van der Waals surface area contributed by atoms with Crippen molar-refractivity contribution in [1.29, 1.82) is 5.26 Å². The van der Waals surface area contributed by atoms with Crippen molar-refractivity contribution in [3.8, 4) is 6.07 Å². The summed E-state index contributed by atoms with van der Waals surface area (Å²) in [7, 11) is -3.88. The Hall–Kier alpha value is -2.76. The van der Waals surface area contributed by atoms with Gasteiger partial charge < -0.3 is 5.32 Å². The van der Waals surface area contributed by atoms with Crippen LogP contribution in [0.25, 0.3) is 0 Å². The molecule has 0 radical (unpaired) electrons. The first-order valence-corrected chi connectivity index (χ1v) is 10.9. The zero-order valence-corrected chi connectivity index (χ0v) is 16.9. The van der Waals surface area contributed by atoms with Gasteiger partial charge in [-0.3, -0.25) is 4.79 Å². The van der Waals surface area contributed by atoms with E-state index in [4.69, 9.17) is 5.26 Å². The zero-order valence-electron chi connectivity index (χ0n) is 16.1. The van der Waals surface area contributed by atoms with Crippen LogP contribution in [-0.2, 0) is 27.8 Å². The van der Waals surface area contributed by atoms with E-state index in [1.165, 1.54) is 16.4 Å². The number of hydrogen-bond donors (Lipinski definition) is 1. The number of nitrogens with one attached hydrogen (secondary N) is 1. The van der Waals surface area contributed by atoms with Gasteiger partial charge in [0.1, 0.15) is 11.9 Å². The number of benzene rings is 2. The molecule has 1 fully saturated rings. The second-order valence-electron chi connectivity index (χ2n) is 6.90. The van der Waals surface area contributed by atoms with Crippen molar-refractivity contribution >= 4 is 15.9 Å². The van der Waals surface area contributed by atoms with Gasteiger partial charge in [0.25, 0.3) is 0 Å². The Balaban J connectivity index is 1.72. The maximum absolute atomic E-state index is 13.1. The lowest BCUT2D eigenvalue weighted by molar-refractivity contribution is -0.124. The summed E-state index contributed by atoms with van der Waals surface area (Å²) in [5, 5.41) is 11.9. The molecule has 0 aliphatic carbocycles. The van der Waals surface area contributed by atoms with Gasteiger partial charge in [0.05, 0.1) is 16.5 Å². The molecule has 0 bridgehead atoms. The van der Waals surface area contributed by atoms with Gasteiger partial charge in [-0.15, -0.1) is 0 Å². The van der Waals surface area contributed by atoms with Gasteiger partial charge in [-0.05, 0) is 60.7 Å². The third-order valence-electron chi connectivity index (χ3n) is 5.06. The number of rotatable bonds is 6. The SMILES string of the molecule is CCc1cc(CNC(=O)[C@@H]2CCCN2S(=O)(=O)c2ccc(F)cc2)ccc1C#N. The van der Waals surface area contributed by atoms with E-state index in [0.717, 1.165) is 23.3 Å². The fourth-order valence-corrected chi connectivity index (χ4v) is 5.15. The molecule has 1 atom stereocenters. The minimum absolute atomic E-state index is 0.0294. The molecule has 3 rings (SSSR count). The molecule has 1 amide bonds. The summed E-state index contributed by atoms with van der Waals surface area (Å²) >= 11 is 0. The van der Waals surface area contributed by atoms with E-state index in [1.807, 2.05) is 13.0 Å². The molecule has 0 saturated carbocycles. The average Bonchev–Trinajstić information content (AvgIpc) is 3.23.